The molecule has 0 atom stereocenters. The van der Waals surface area contributed by atoms with Crippen molar-refractivity contribution in [1.82, 2.24) is 19.7 Å². The summed E-state index contributed by atoms with van der Waals surface area (Å²) in [6.45, 7) is 2.69. The topological polar surface area (TPSA) is 60.7 Å². The Morgan fingerprint density at radius 1 is 1.44 bits per heavy atom. The molecule has 2 aromatic rings. The molecule has 0 spiro atoms. The van der Waals surface area contributed by atoms with E-state index in [1.165, 1.54) is 24.7 Å². The SMILES string of the molecule is CCCn1ncnc1CC(=O)c1ncccc1F. The standard InChI is InChI=1S/C12H13FN4O/c1-2-6-17-11(15-8-16-17)7-10(18)12-9(13)4-3-5-14-12/h3-5,8H,2,6-7H2,1H3. The third kappa shape index (κ3) is 2.58. The van der Waals surface area contributed by atoms with Gasteiger partial charge in [-0.1, -0.05) is 6.92 Å². The summed E-state index contributed by atoms with van der Waals surface area (Å²) >= 11 is 0. The maximum atomic E-state index is 13.4. The molecule has 18 heavy (non-hydrogen) atoms. The van der Waals surface area contributed by atoms with E-state index in [0.717, 1.165) is 6.42 Å². The lowest BCUT2D eigenvalue weighted by Crippen LogP contribution is -2.13. The highest BCUT2D eigenvalue weighted by molar-refractivity contribution is 5.95. The zero-order valence-corrected chi connectivity index (χ0v) is 10.0. The summed E-state index contributed by atoms with van der Waals surface area (Å²) < 4.78 is 15.0. The Morgan fingerprint density at radius 2 is 2.28 bits per heavy atom. The van der Waals surface area contributed by atoms with Gasteiger partial charge in [0.2, 0.25) is 0 Å². The van der Waals surface area contributed by atoms with Gasteiger partial charge in [0.15, 0.2) is 11.6 Å². The van der Waals surface area contributed by atoms with Crippen LogP contribution in [0.25, 0.3) is 0 Å². The molecule has 0 aliphatic heterocycles. The van der Waals surface area contributed by atoms with E-state index in [9.17, 15) is 9.18 Å². The highest BCUT2D eigenvalue weighted by atomic mass is 19.1. The van der Waals surface area contributed by atoms with Gasteiger partial charge in [-0.2, -0.15) is 5.10 Å². The zero-order chi connectivity index (χ0) is 13.0. The van der Waals surface area contributed by atoms with Crippen LogP contribution in [0, 0.1) is 5.82 Å². The molecule has 0 radical (unpaired) electrons. The Morgan fingerprint density at radius 3 is 3.00 bits per heavy atom. The van der Waals surface area contributed by atoms with Crippen LogP contribution in [0.1, 0.15) is 29.7 Å². The predicted octanol–water partition coefficient (Wildman–Crippen LogP) is 1.65. The van der Waals surface area contributed by atoms with Crippen LogP contribution in [0.5, 0.6) is 0 Å². The molecule has 0 aliphatic rings. The minimum atomic E-state index is -0.607. The number of ketones is 1. The normalized spacial score (nSPS) is 10.6. The maximum Gasteiger partial charge on any atom is 0.191 e. The lowest BCUT2D eigenvalue weighted by molar-refractivity contribution is 0.0980. The largest absolute Gasteiger partial charge is 0.292 e. The number of hydrogen-bond donors (Lipinski definition) is 0. The first-order valence-electron chi connectivity index (χ1n) is 5.72. The molecule has 6 heteroatoms. The quantitative estimate of drug-likeness (QED) is 0.755. The van der Waals surface area contributed by atoms with E-state index in [1.807, 2.05) is 6.92 Å². The van der Waals surface area contributed by atoms with Gasteiger partial charge in [-0.25, -0.2) is 14.1 Å². The summed E-state index contributed by atoms with van der Waals surface area (Å²) in [5.74, 6) is -0.464. The van der Waals surface area contributed by atoms with Crippen LogP contribution in [0.4, 0.5) is 4.39 Å². The van der Waals surface area contributed by atoms with E-state index in [4.69, 9.17) is 0 Å². The Kier molecular flexibility index (Phi) is 3.76. The Balaban J connectivity index is 2.17. The van der Waals surface area contributed by atoms with Crippen molar-refractivity contribution >= 4 is 5.78 Å². The molecule has 0 bridgehead atoms. The number of aromatic nitrogens is 4. The first-order valence-corrected chi connectivity index (χ1v) is 5.72. The monoisotopic (exact) mass is 248 g/mol. The summed E-state index contributed by atoms with van der Waals surface area (Å²) in [6, 6.07) is 2.67. The molecular weight excluding hydrogens is 235 g/mol. The Labute approximate surface area is 104 Å². The fraction of sp³-hybridized carbons (Fsp3) is 0.333. The van der Waals surface area contributed by atoms with Crippen LogP contribution in [-0.2, 0) is 13.0 Å². The first-order chi connectivity index (χ1) is 8.72. The molecule has 2 rings (SSSR count). The van der Waals surface area contributed by atoms with Crippen molar-refractivity contribution in [3.63, 3.8) is 0 Å². The van der Waals surface area contributed by atoms with Gasteiger partial charge in [0.05, 0.1) is 6.42 Å². The molecule has 0 unspecified atom stereocenters. The Bertz CT molecular complexity index is 553. The molecule has 0 amide bonds. The molecule has 0 aromatic carbocycles. The maximum absolute atomic E-state index is 13.4. The van der Waals surface area contributed by atoms with Crippen LogP contribution < -0.4 is 0 Å². The van der Waals surface area contributed by atoms with E-state index in [2.05, 4.69) is 15.1 Å². The lowest BCUT2D eigenvalue weighted by Gasteiger charge is -2.04. The number of halogens is 1. The number of pyridine rings is 1. The number of rotatable bonds is 5. The van der Waals surface area contributed by atoms with Gasteiger partial charge in [-0.05, 0) is 18.6 Å². The fourth-order valence-corrected chi connectivity index (χ4v) is 1.64. The van der Waals surface area contributed by atoms with Crippen molar-refractivity contribution in [3.05, 3.63) is 42.0 Å². The molecule has 2 aromatic heterocycles. The molecule has 5 nitrogen and oxygen atoms in total. The lowest BCUT2D eigenvalue weighted by atomic mass is 10.2. The van der Waals surface area contributed by atoms with Gasteiger partial charge in [0.1, 0.15) is 17.8 Å². The third-order valence-electron chi connectivity index (χ3n) is 2.47. The summed E-state index contributed by atoms with van der Waals surface area (Å²) in [5.41, 5.74) is -0.149. The predicted molar refractivity (Wildman–Crippen MR) is 62.5 cm³/mol. The summed E-state index contributed by atoms with van der Waals surface area (Å²) in [6.07, 6.45) is 3.69. The minimum Gasteiger partial charge on any atom is -0.292 e. The van der Waals surface area contributed by atoms with E-state index in [1.54, 1.807) is 4.68 Å². The molecule has 0 fully saturated rings. The number of carbonyl (C=O) groups excluding carboxylic acids is 1. The second kappa shape index (κ2) is 5.48. The highest BCUT2D eigenvalue weighted by Crippen LogP contribution is 2.07. The fourth-order valence-electron chi connectivity index (χ4n) is 1.64. The van der Waals surface area contributed by atoms with Crippen molar-refractivity contribution < 1.29 is 9.18 Å². The number of nitrogens with zero attached hydrogens (tertiary/aromatic N) is 4. The third-order valence-corrected chi connectivity index (χ3v) is 2.47. The molecule has 2 heterocycles. The van der Waals surface area contributed by atoms with Gasteiger partial charge >= 0.3 is 0 Å². The van der Waals surface area contributed by atoms with E-state index in [0.29, 0.717) is 12.4 Å². The molecule has 0 N–H and O–H groups in total. The van der Waals surface area contributed by atoms with Crippen LogP contribution in [0.2, 0.25) is 0 Å². The van der Waals surface area contributed by atoms with Crippen molar-refractivity contribution in [3.8, 4) is 0 Å². The average Bonchev–Trinajstić information content (AvgIpc) is 2.78. The van der Waals surface area contributed by atoms with E-state index in [-0.39, 0.29) is 12.1 Å². The van der Waals surface area contributed by atoms with E-state index >= 15 is 0 Å². The van der Waals surface area contributed by atoms with Crippen LogP contribution >= 0.6 is 0 Å². The van der Waals surface area contributed by atoms with Gasteiger partial charge in [-0.15, -0.1) is 0 Å². The Hall–Kier alpha value is -2.11. The van der Waals surface area contributed by atoms with Gasteiger partial charge in [0, 0.05) is 12.7 Å². The van der Waals surface area contributed by atoms with Gasteiger partial charge < -0.3 is 0 Å². The van der Waals surface area contributed by atoms with Crippen LogP contribution in [0.3, 0.4) is 0 Å². The second-order valence-electron chi connectivity index (χ2n) is 3.83. The van der Waals surface area contributed by atoms with Crippen molar-refractivity contribution in [2.75, 3.05) is 0 Å². The number of aryl methyl sites for hydroxylation is 1. The van der Waals surface area contributed by atoms with Crippen molar-refractivity contribution in [2.45, 2.75) is 26.3 Å². The average molecular weight is 248 g/mol. The van der Waals surface area contributed by atoms with Crippen LogP contribution in [0.15, 0.2) is 24.7 Å². The van der Waals surface area contributed by atoms with Gasteiger partial charge in [0.25, 0.3) is 0 Å². The minimum absolute atomic E-state index is 0.00787. The number of Topliss-reactive ketones (excluding diaryl/α,β-unsaturated/α-hetero) is 1. The van der Waals surface area contributed by atoms with Crippen molar-refractivity contribution in [2.24, 2.45) is 0 Å². The number of carbonyl (C=O) groups is 1. The summed E-state index contributed by atoms with van der Waals surface area (Å²) in [4.78, 5) is 19.7. The van der Waals surface area contributed by atoms with Crippen LogP contribution in [-0.4, -0.2) is 25.5 Å². The molecular formula is C12H13FN4O. The molecule has 0 saturated carbocycles. The highest BCUT2D eigenvalue weighted by Gasteiger charge is 2.16. The van der Waals surface area contributed by atoms with E-state index < -0.39 is 11.6 Å². The molecule has 94 valence electrons. The second-order valence-corrected chi connectivity index (χ2v) is 3.83. The summed E-state index contributed by atoms with van der Waals surface area (Å²) in [5, 5.41) is 4.01. The smallest absolute Gasteiger partial charge is 0.191 e. The molecule has 0 aliphatic carbocycles. The summed E-state index contributed by atoms with van der Waals surface area (Å²) in [7, 11) is 0. The molecule has 0 saturated heterocycles. The number of hydrogen-bond acceptors (Lipinski definition) is 4. The van der Waals surface area contributed by atoms with Gasteiger partial charge in [-0.3, -0.25) is 9.78 Å². The van der Waals surface area contributed by atoms with Crippen molar-refractivity contribution in [1.29, 1.82) is 0 Å². The zero-order valence-electron chi connectivity index (χ0n) is 10.0. The first kappa shape index (κ1) is 12.3.